The molecule has 21 heavy (non-hydrogen) atoms. The van der Waals surface area contributed by atoms with Crippen molar-refractivity contribution >= 4 is 17.0 Å². The molecule has 0 radical (unpaired) electrons. The van der Waals surface area contributed by atoms with Crippen LogP contribution in [-0.2, 0) is 6.54 Å². The summed E-state index contributed by atoms with van der Waals surface area (Å²) in [5.74, 6) is 0. The Morgan fingerprint density at radius 2 is 2.24 bits per heavy atom. The molecule has 0 saturated heterocycles. The fraction of sp³-hybridized carbons (Fsp3) is 0.312. The van der Waals surface area contributed by atoms with Gasteiger partial charge in [-0.1, -0.05) is 12.1 Å². The van der Waals surface area contributed by atoms with Crippen LogP contribution in [0.1, 0.15) is 30.0 Å². The lowest BCUT2D eigenvalue weighted by Gasteiger charge is -2.16. The molecule has 0 bridgehead atoms. The summed E-state index contributed by atoms with van der Waals surface area (Å²) < 4.78 is 2.02. The van der Waals surface area contributed by atoms with Crippen LogP contribution in [0.3, 0.4) is 0 Å². The van der Waals surface area contributed by atoms with E-state index < -0.39 is 6.10 Å². The van der Waals surface area contributed by atoms with Gasteiger partial charge in [-0.25, -0.2) is 4.98 Å². The number of aromatic nitrogens is 2. The third kappa shape index (κ3) is 3.50. The number of nitrogens with zero attached hydrogens (tertiary/aromatic N) is 2. The number of pyridine rings is 1. The molecule has 0 spiro atoms. The highest BCUT2D eigenvalue weighted by Crippen LogP contribution is 2.22. The molecule has 3 heterocycles. The molecule has 0 aliphatic heterocycles. The molecule has 2 atom stereocenters. The van der Waals surface area contributed by atoms with Gasteiger partial charge in [0, 0.05) is 29.9 Å². The number of aliphatic hydroxyl groups excluding tert-OH is 1. The average Bonchev–Trinajstić information content (AvgIpc) is 3.14. The van der Waals surface area contributed by atoms with E-state index in [9.17, 15) is 5.11 Å². The first-order chi connectivity index (χ1) is 10.2. The Labute approximate surface area is 128 Å². The van der Waals surface area contributed by atoms with E-state index in [1.165, 1.54) is 0 Å². The van der Waals surface area contributed by atoms with Crippen LogP contribution in [0.5, 0.6) is 0 Å². The maximum absolute atomic E-state index is 10.1. The summed E-state index contributed by atoms with van der Waals surface area (Å²) in [6.07, 6.45) is 4.34. The van der Waals surface area contributed by atoms with Crippen molar-refractivity contribution in [1.29, 1.82) is 0 Å². The van der Waals surface area contributed by atoms with Gasteiger partial charge in [0.1, 0.15) is 5.65 Å². The lowest BCUT2D eigenvalue weighted by Crippen LogP contribution is -2.27. The first-order valence-electron chi connectivity index (χ1n) is 7.10. The molecule has 3 aromatic heterocycles. The van der Waals surface area contributed by atoms with Crippen molar-refractivity contribution in [2.45, 2.75) is 32.0 Å². The van der Waals surface area contributed by atoms with E-state index in [-0.39, 0.29) is 6.04 Å². The van der Waals surface area contributed by atoms with Gasteiger partial charge >= 0.3 is 0 Å². The third-order valence-corrected chi connectivity index (χ3v) is 4.47. The third-order valence-electron chi connectivity index (χ3n) is 3.49. The zero-order valence-electron chi connectivity index (χ0n) is 11.9. The topological polar surface area (TPSA) is 49.6 Å². The molecule has 2 N–H and O–H groups in total. The van der Waals surface area contributed by atoms with Crippen molar-refractivity contribution in [2.75, 3.05) is 0 Å². The number of rotatable bonds is 6. The molecule has 0 amide bonds. The van der Waals surface area contributed by atoms with Crippen LogP contribution in [-0.4, -0.2) is 20.5 Å². The van der Waals surface area contributed by atoms with Crippen LogP contribution in [0.15, 0.2) is 48.1 Å². The summed E-state index contributed by atoms with van der Waals surface area (Å²) in [6, 6.07) is 10.1. The van der Waals surface area contributed by atoms with Gasteiger partial charge in [-0.05, 0) is 36.9 Å². The van der Waals surface area contributed by atoms with Crippen LogP contribution >= 0.6 is 11.3 Å². The molecule has 2 unspecified atom stereocenters. The Hall–Kier alpha value is -1.69. The van der Waals surface area contributed by atoms with Crippen molar-refractivity contribution in [3.63, 3.8) is 0 Å². The number of fused-ring (bicyclic) bond motifs is 1. The lowest BCUT2D eigenvalue weighted by molar-refractivity contribution is 0.157. The molecule has 5 heteroatoms. The summed E-state index contributed by atoms with van der Waals surface area (Å²) in [6.45, 7) is 2.80. The number of aliphatic hydroxyl groups is 1. The highest BCUT2D eigenvalue weighted by atomic mass is 32.1. The van der Waals surface area contributed by atoms with E-state index in [1.54, 1.807) is 11.3 Å². The molecule has 3 aromatic rings. The minimum atomic E-state index is -0.395. The SMILES string of the molecule is CC(CC(O)c1cccs1)NCc1cn2ccccc2n1. The van der Waals surface area contributed by atoms with Gasteiger partial charge in [-0.2, -0.15) is 0 Å². The minimum Gasteiger partial charge on any atom is -0.388 e. The first kappa shape index (κ1) is 14.3. The monoisotopic (exact) mass is 301 g/mol. The Morgan fingerprint density at radius 1 is 1.33 bits per heavy atom. The van der Waals surface area contributed by atoms with Gasteiger partial charge in [-0.15, -0.1) is 11.3 Å². The van der Waals surface area contributed by atoms with E-state index in [0.717, 1.165) is 16.2 Å². The van der Waals surface area contributed by atoms with E-state index >= 15 is 0 Å². The van der Waals surface area contributed by atoms with Gasteiger partial charge in [-0.3, -0.25) is 0 Å². The smallest absolute Gasteiger partial charge is 0.137 e. The summed E-state index contributed by atoms with van der Waals surface area (Å²) in [7, 11) is 0. The average molecular weight is 301 g/mol. The second-order valence-corrected chi connectivity index (χ2v) is 6.23. The summed E-state index contributed by atoms with van der Waals surface area (Å²) in [4.78, 5) is 5.58. The second kappa shape index (κ2) is 6.39. The maximum Gasteiger partial charge on any atom is 0.137 e. The molecule has 0 saturated carbocycles. The highest BCUT2D eigenvalue weighted by molar-refractivity contribution is 7.10. The minimum absolute atomic E-state index is 0.229. The summed E-state index contributed by atoms with van der Waals surface area (Å²) in [5.41, 5.74) is 1.97. The second-order valence-electron chi connectivity index (χ2n) is 5.25. The van der Waals surface area contributed by atoms with Crippen molar-refractivity contribution in [3.05, 3.63) is 58.7 Å². The van der Waals surface area contributed by atoms with Gasteiger partial charge in [0.15, 0.2) is 0 Å². The zero-order valence-corrected chi connectivity index (χ0v) is 12.8. The molecule has 0 aliphatic carbocycles. The molecular formula is C16H19N3OS. The highest BCUT2D eigenvalue weighted by Gasteiger charge is 2.13. The van der Waals surface area contributed by atoms with Crippen LogP contribution in [0.25, 0.3) is 5.65 Å². The fourth-order valence-electron chi connectivity index (χ4n) is 2.37. The van der Waals surface area contributed by atoms with Gasteiger partial charge in [0.25, 0.3) is 0 Å². The molecular weight excluding hydrogens is 282 g/mol. The molecule has 0 aromatic carbocycles. The predicted molar refractivity (Wildman–Crippen MR) is 85.4 cm³/mol. The van der Waals surface area contributed by atoms with Crippen LogP contribution in [0, 0.1) is 0 Å². The Kier molecular flexibility index (Phi) is 4.34. The van der Waals surface area contributed by atoms with Gasteiger partial charge in [0.2, 0.25) is 0 Å². The standard InChI is InChI=1S/C16H19N3OS/c1-12(9-14(20)15-5-4-8-21-15)17-10-13-11-19-7-3-2-6-16(19)18-13/h2-8,11-12,14,17,20H,9-10H2,1H3. The van der Waals surface area contributed by atoms with Crippen molar-refractivity contribution in [3.8, 4) is 0 Å². The molecule has 4 nitrogen and oxygen atoms in total. The Morgan fingerprint density at radius 3 is 3.00 bits per heavy atom. The zero-order chi connectivity index (χ0) is 14.7. The fourth-order valence-corrected chi connectivity index (χ4v) is 3.09. The van der Waals surface area contributed by atoms with Crippen LogP contribution < -0.4 is 5.32 Å². The number of imidazole rings is 1. The number of hydrogen-bond acceptors (Lipinski definition) is 4. The first-order valence-corrected chi connectivity index (χ1v) is 7.98. The van der Waals surface area contributed by atoms with Crippen molar-refractivity contribution < 1.29 is 5.11 Å². The van der Waals surface area contributed by atoms with Crippen LogP contribution in [0.2, 0.25) is 0 Å². The Balaban J connectivity index is 1.54. The van der Waals surface area contributed by atoms with Crippen molar-refractivity contribution in [2.24, 2.45) is 0 Å². The molecule has 3 rings (SSSR count). The lowest BCUT2D eigenvalue weighted by atomic mass is 10.1. The summed E-state index contributed by atoms with van der Waals surface area (Å²) in [5, 5.41) is 15.6. The van der Waals surface area contributed by atoms with Crippen LogP contribution in [0.4, 0.5) is 0 Å². The number of thiophene rings is 1. The number of hydrogen-bond donors (Lipinski definition) is 2. The van der Waals surface area contributed by atoms with E-state index in [4.69, 9.17) is 0 Å². The molecule has 0 aliphatic rings. The van der Waals surface area contributed by atoms with Gasteiger partial charge < -0.3 is 14.8 Å². The van der Waals surface area contributed by atoms with Gasteiger partial charge in [0.05, 0.1) is 11.8 Å². The number of nitrogens with one attached hydrogen (secondary N) is 1. The predicted octanol–water partition coefficient (Wildman–Crippen LogP) is 3.00. The quantitative estimate of drug-likeness (QED) is 0.736. The normalized spacial score (nSPS) is 14.4. The van der Waals surface area contributed by atoms with E-state index in [1.807, 2.05) is 52.5 Å². The largest absolute Gasteiger partial charge is 0.388 e. The molecule has 0 fully saturated rings. The van der Waals surface area contributed by atoms with E-state index in [2.05, 4.69) is 17.2 Å². The molecule has 110 valence electrons. The van der Waals surface area contributed by atoms with E-state index in [0.29, 0.717) is 13.0 Å². The maximum atomic E-state index is 10.1. The van der Waals surface area contributed by atoms with Crippen molar-refractivity contribution in [1.82, 2.24) is 14.7 Å². The summed E-state index contributed by atoms with van der Waals surface area (Å²) >= 11 is 1.60. The Bertz CT molecular complexity index is 659.